The Morgan fingerprint density at radius 1 is 1.55 bits per heavy atom. The summed E-state index contributed by atoms with van der Waals surface area (Å²) in [6, 6.07) is 5.31. The monoisotopic (exact) mass is 167 g/mol. The number of nitrogens with two attached hydrogens (primary N) is 1. The lowest BCUT2D eigenvalue weighted by molar-refractivity contribution is 0.470. The van der Waals surface area contributed by atoms with E-state index in [0.717, 1.165) is 5.56 Å². The molecule has 3 heteroatoms. The Hall–Kier alpha value is -1.09. The van der Waals surface area contributed by atoms with Gasteiger partial charge in [0.2, 0.25) is 0 Å². The quantitative estimate of drug-likeness (QED) is 0.620. The maximum absolute atomic E-state index is 9.40. The number of aromatic hydroxyl groups is 1. The first-order valence-corrected chi connectivity index (χ1v) is 3.62. The number of rotatable bonds is 1. The van der Waals surface area contributed by atoms with Gasteiger partial charge in [-0.25, -0.2) is 0 Å². The van der Waals surface area contributed by atoms with E-state index in [1.165, 1.54) is 0 Å². The highest BCUT2D eigenvalue weighted by atomic mass is 32.1. The second-order valence-electron chi connectivity index (χ2n) is 2.34. The Morgan fingerprint density at radius 2 is 2.18 bits per heavy atom. The van der Waals surface area contributed by atoms with Gasteiger partial charge in [-0.3, -0.25) is 0 Å². The van der Waals surface area contributed by atoms with Crippen LogP contribution in [-0.2, 0) is 0 Å². The molecule has 0 saturated carbocycles. The maximum Gasteiger partial charge on any atom is 0.128 e. The van der Waals surface area contributed by atoms with E-state index in [2.05, 4.69) is 0 Å². The number of phenolic OH excluding ortho intramolecular Hbond substituents is 1. The molecular weight excluding hydrogens is 158 g/mol. The van der Waals surface area contributed by atoms with Gasteiger partial charge in [0, 0.05) is 0 Å². The van der Waals surface area contributed by atoms with Gasteiger partial charge in [0.05, 0.1) is 5.56 Å². The van der Waals surface area contributed by atoms with Crippen molar-refractivity contribution in [3.8, 4) is 5.75 Å². The Balaban J connectivity index is 3.27. The summed E-state index contributed by atoms with van der Waals surface area (Å²) in [6.07, 6.45) is 0. The Morgan fingerprint density at radius 3 is 2.64 bits per heavy atom. The van der Waals surface area contributed by atoms with E-state index in [-0.39, 0.29) is 10.7 Å². The van der Waals surface area contributed by atoms with Crippen LogP contribution in [0.15, 0.2) is 18.2 Å². The molecule has 0 atom stereocenters. The summed E-state index contributed by atoms with van der Waals surface area (Å²) in [6.45, 7) is 1.80. The lowest BCUT2D eigenvalue weighted by Gasteiger charge is -2.03. The third-order valence-corrected chi connectivity index (χ3v) is 1.72. The van der Waals surface area contributed by atoms with E-state index in [0.29, 0.717) is 5.56 Å². The molecule has 58 valence electrons. The summed E-state index contributed by atoms with van der Waals surface area (Å²) in [7, 11) is 0. The summed E-state index contributed by atoms with van der Waals surface area (Å²) in [5.74, 6) is 0.181. The summed E-state index contributed by atoms with van der Waals surface area (Å²) in [5.41, 5.74) is 6.68. The number of benzene rings is 1. The highest BCUT2D eigenvalue weighted by Crippen LogP contribution is 2.20. The van der Waals surface area contributed by atoms with E-state index in [1.54, 1.807) is 19.1 Å². The van der Waals surface area contributed by atoms with Crippen LogP contribution in [0.1, 0.15) is 11.1 Å². The van der Waals surface area contributed by atoms with Crippen LogP contribution in [0.3, 0.4) is 0 Å². The van der Waals surface area contributed by atoms with Crippen LogP contribution in [-0.4, -0.2) is 10.1 Å². The van der Waals surface area contributed by atoms with Gasteiger partial charge in [-0.15, -0.1) is 0 Å². The smallest absolute Gasteiger partial charge is 0.128 e. The van der Waals surface area contributed by atoms with Gasteiger partial charge in [-0.2, -0.15) is 0 Å². The Bertz CT molecular complexity index is 296. The largest absolute Gasteiger partial charge is 0.507 e. The van der Waals surface area contributed by atoms with Gasteiger partial charge in [0.15, 0.2) is 0 Å². The molecule has 0 aliphatic rings. The zero-order chi connectivity index (χ0) is 8.43. The third kappa shape index (κ3) is 1.49. The predicted molar refractivity (Wildman–Crippen MR) is 48.7 cm³/mol. The molecule has 0 aromatic heterocycles. The Kier molecular flexibility index (Phi) is 2.10. The van der Waals surface area contributed by atoms with Crippen molar-refractivity contribution in [1.29, 1.82) is 0 Å². The molecule has 0 bridgehead atoms. The van der Waals surface area contributed by atoms with Crippen molar-refractivity contribution in [2.75, 3.05) is 0 Å². The molecule has 2 nitrogen and oxygen atoms in total. The van der Waals surface area contributed by atoms with Gasteiger partial charge in [0.25, 0.3) is 0 Å². The van der Waals surface area contributed by atoms with Crippen LogP contribution >= 0.6 is 12.2 Å². The second kappa shape index (κ2) is 2.88. The maximum atomic E-state index is 9.40. The van der Waals surface area contributed by atoms with Gasteiger partial charge in [-0.1, -0.05) is 24.4 Å². The molecule has 1 rings (SSSR count). The molecule has 3 N–H and O–H groups in total. The van der Waals surface area contributed by atoms with Gasteiger partial charge in [-0.05, 0) is 18.6 Å². The third-order valence-electron chi connectivity index (χ3n) is 1.50. The Labute approximate surface area is 70.7 Å². The minimum absolute atomic E-state index is 0.181. The zero-order valence-corrected chi connectivity index (χ0v) is 6.98. The number of hydrogen-bond donors (Lipinski definition) is 2. The molecule has 1 aromatic rings. The first-order valence-electron chi connectivity index (χ1n) is 3.21. The summed E-state index contributed by atoms with van der Waals surface area (Å²) in [5, 5.41) is 9.40. The van der Waals surface area contributed by atoms with Crippen molar-refractivity contribution >= 4 is 17.2 Å². The van der Waals surface area contributed by atoms with Crippen LogP contribution in [0.4, 0.5) is 0 Å². The van der Waals surface area contributed by atoms with Crippen molar-refractivity contribution in [3.63, 3.8) is 0 Å². The standard InChI is InChI=1S/C8H9NOS/c1-5-3-2-4-6(7(5)10)8(9)11/h2-4,10H,1H3,(H2,9,11). The normalized spacial score (nSPS) is 9.55. The van der Waals surface area contributed by atoms with Crippen LogP contribution in [0.2, 0.25) is 0 Å². The SMILES string of the molecule is Cc1cccc(C(N)=S)c1O. The van der Waals surface area contributed by atoms with Gasteiger partial charge in [0.1, 0.15) is 10.7 Å². The minimum atomic E-state index is 0.181. The predicted octanol–water partition coefficient (Wildman–Crippen LogP) is 1.33. The molecule has 11 heavy (non-hydrogen) atoms. The molecule has 0 amide bonds. The highest BCUT2D eigenvalue weighted by molar-refractivity contribution is 7.80. The summed E-state index contributed by atoms with van der Waals surface area (Å²) in [4.78, 5) is 0.228. The van der Waals surface area contributed by atoms with Crippen molar-refractivity contribution in [2.24, 2.45) is 5.73 Å². The van der Waals surface area contributed by atoms with E-state index in [9.17, 15) is 5.11 Å². The van der Waals surface area contributed by atoms with Crippen LogP contribution in [0.5, 0.6) is 5.75 Å². The number of thiocarbonyl (C=S) groups is 1. The molecule has 0 radical (unpaired) electrons. The first kappa shape index (κ1) is 8.01. The highest BCUT2D eigenvalue weighted by Gasteiger charge is 2.04. The molecule has 1 aromatic carbocycles. The molecular formula is C8H9NOS. The number of aryl methyl sites for hydroxylation is 1. The summed E-state index contributed by atoms with van der Waals surface area (Å²) >= 11 is 4.73. The lowest BCUT2D eigenvalue weighted by Crippen LogP contribution is -2.09. The molecule has 0 aliphatic heterocycles. The topological polar surface area (TPSA) is 46.2 Å². The zero-order valence-electron chi connectivity index (χ0n) is 6.16. The lowest BCUT2D eigenvalue weighted by atomic mass is 10.1. The molecule has 0 spiro atoms. The fourth-order valence-electron chi connectivity index (χ4n) is 0.858. The van der Waals surface area contributed by atoms with Gasteiger partial charge < -0.3 is 10.8 Å². The van der Waals surface area contributed by atoms with E-state index in [1.807, 2.05) is 6.07 Å². The van der Waals surface area contributed by atoms with Crippen molar-refractivity contribution in [1.82, 2.24) is 0 Å². The fraction of sp³-hybridized carbons (Fsp3) is 0.125. The first-order chi connectivity index (χ1) is 5.13. The average Bonchev–Trinajstić information content (AvgIpc) is 1.94. The van der Waals surface area contributed by atoms with Crippen LogP contribution < -0.4 is 5.73 Å². The van der Waals surface area contributed by atoms with E-state index < -0.39 is 0 Å². The number of para-hydroxylation sites is 1. The molecule has 0 heterocycles. The summed E-state index contributed by atoms with van der Waals surface area (Å²) < 4.78 is 0. The fourth-order valence-corrected chi connectivity index (χ4v) is 1.02. The van der Waals surface area contributed by atoms with Crippen LogP contribution in [0.25, 0.3) is 0 Å². The van der Waals surface area contributed by atoms with Crippen molar-refractivity contribution in [3.05, 3.63) is 29.3 Å². The number of phenols is 1. The van der Waals surface area contributed by atoms with Crippen LogP contribution in [0, 0.1) is 6.92 Å². The average molecular weight is 167 g/mol. The van der Waals surface area contributed by atoms with Crippen molar-refractivity contribution < 1.29 is 5.11 Å². The molecule has 0 fully saturated rings. The molecule has 0 aliphatic carbocycles. The molecule has 0 unspecified atom stereocenters. The van der Waals surface area contributed by atoms with Crippen molar-refractivity contribution in [2.45, 2.75) is 6.92 Å². The molecule has 0 saturated heterocycles. The number of hydrogen-bond acceptors (Lipinski definition) is 2. The van der Waals surface area contributed by atoms with E-state index >= 15 is 0 Å². The van der Waals surface area contributed by atoms with E-state index in [4.69, 9.17) is 18.0 Å². The minimum Gasteiger partial charge on any atom is -0.507 e. The van der Waals surface area contributed by atoms with Gasteiger partial charge >= 0.3 is 0 Å². The second-order valence-corrected chi connectivity index (χ2v) is 2.78.